The summed E-state index contributed by atoms with van der Waals surface area (Å²) in [4.78, 5) is 28.1. The second-order valence-corrected chi connectivity index (χ2v) is 12.0. The van der Waals surface area contributed by atoms with Crippen molar-refractivity contribution in [2.24, 2.45) is 0 Å². The van der Waals surface area contributed by atoms with E-state index >= 15 is 0 Å². The van der Waals surface area contributed by atoms with Crippen LogP contribution in [0, 0.1) is 6.92 Å². The topological polar surface area (TPSA) is 86.8 Å². The fourth-order valence-electron chi connectivity index (χ4n) is 4.11. The lowest BCUT2D eigenvalue weighted by atomic mass is 10.0. The zero-order valence-corrected chi connectivity index (χ0v) is 24.6. The molecule has 9 heteroatoms. The van der Waals surface area contributed by atoms with Crippen LogP contribution in [-0.4, -0.2) is 44.3 Å². The number of anilines is 1. The van der Waals surface area contributed by atoms with Gasteiger partial charge < -0.3 is 10.2 Å². The van der Waals surface area contributed by atoms with Crippen molar-refractivity contribution in [3.63, 3.8) is 0 Å². The molecule has 0 bridgehead atoms. The Morgan fingerprint density at radius 2 is 1.54 bits per heavy atom. The van der Waals surface area contributed by atoms with Crippen molar-refractivity contribution >= 4 is 39.1 Å². The molecule has 0 aliphatic rings. The first-order chi connectivity index (χ1) is 18.4. The zero-order chi connectivity index (χ0) is 28.7. The Kier molecular flexibility index (Phi) is 10.2. The van der Waals surface area contributed by atoms with Gasteiger partial charge in [-0.05, 0) is 68.1 Å². The number of aryl methyl sites for hydroxylation is 1. The maximum atomic E-state index is 13.9. The molecule has 3 aromatic carbocycles. The number of rotatable bonds is 11. The number of likely N-dealkylation sites (N-methyl/N-ethyl adjacent to an activating group) is 1. The van der Waals surface area contributed by atoms with Gasteiger partial charge in [0.15, 0.2) is 0 Å². The predicted molar refractivity (Wildman–Crippen MR) is 156 cm³/mol. The van der Waals surface area contributed by atoms with Crippen molar-refractivity contribution in [3.8, 4) is 0 Å². The van der Waals surface area contributed by atoms with E-state index in [0.717, 1.165) is 15.4 Å². The lowest BCUT2D eigenvalue weighted by Crippen LogP contribution is -2.51. The molecule has 0 heterocycles. The summed E-state index contributed by atoms with van der Waals surface area (Å²) in [6.45, 7) is 9.33. The molecule has 3 aromatic rings. The van der Waals surface area contributed by atoms with Gasteiger partial charge in [0.25, 0.3) is 10.0 Å². The number of hydrogen-bond donors (Lipinski definition) is 1. The van der Waals surface area contributed by atoms with Crippen molar-refractivity contribution in [1.82, 2.24) is 10.2 Å². The molecule has 3 rings (SSSR count). The van der Waals surface area contributed by atoms with Gasteiger partial charge >= 0.3 is 0 Å². The summed E-state index contributed by atoms with van der Waals surface area (Å²) < 4.78 is 28.9. The second kappa shape index (κ2) is 13.1. The van der Waals surface area contributed by atoms with E-state index in [0.29, 0.717) is 22.8 Å². The van der Waals surface area contributed by atoms with Gasteiger partial charge in [-0.2, -0.15) is 0 Å². The highest BCUT2D eigenvalue weighted by Gasteiger charge is 2.32. The highest BCUT2D eigenvalue weighted by atomic mass is 35.5. The van der Waals surface area contributed by atoms with E-state index in [1.807, 2.05) is 19.1 Å². The summed E-state index contributed by atoms with van der Waals surface area (Å²) in [5, 5.41) is 3.20. The minimum absolute atomic E-state index is 0.0432. The molecule has 7 nitrogen and oxygen atoms in total. The summed E-state index contributed by atoms with van der Waals surface area (Å²) in [6, 6.07) is 19.8. The quantitative estimate of drug-likeness (QED) is 0.329. The number of nitrogens with zero attached hydrogens (tertiary/aromatic N) is 2. The minimum atomic E-state index is -4.11. The van der Waals surface area contributed by atoms with Crippen molar-refractivity contribution in [2.75, 3.05) is 17.4 Å². The number of hydrogen-bond acceptors (Lipinski definition) is 4. The van der Waals surface area contributed by atoms with Crippen molar-refractivity contribution in [1.29, 1.82) is 0 Å². The van der Waals surface area contributed by atoms with Gasteiger partial charge in [-0.3, -0.25) is 13.9 Å². The molecule has 0 unspecified atom stereocenters. The molecule has 1 atom stereocenters. The molecule has 1 N–H and O–H groups in total. The van der Waals surface area contributed by atoms with Crippen LogP contribution < -0.4 is 9.62 Å². The number of carbonyl (C=O) groups is 2. The van der Waals surface area contributed by atoms with Crippen LogP contribution in [0.15, 0.2) is 77.7 Å². The van der Waals surface area contributed by atoms with Gasteiger partial charge in [-0.1, -0.05) is 73.5 Å². The number of amides is 2. The Morgan fingerprint density at radius 1 is 0.923 bits per heavy atom. The summed E-state index contributed by atoms with van der Waals surface area (Å²) in [5.74, 6) is -0.615. The standard InChI is InChI=1S/C30H36ClN3O4S/c1-6-32-30(36)23(5)33(19-25-9-7-8-10-28(25)31)29(35)20-34(26-15-13-24(14-16-26)21(2)3)39(37,38)27-17-11-22(4)12-18-27/h7-18,21,23H,6,19-20H2,1-5H3,(H,32,36)/t23-/m0/s1. The van der Waals surface area contributed by atoms with E-state index in [2.05, 4.69) is 19.2 Å². The van der Waals surface area contributed by atoms with E-state index in [9.17, 15) is 18.0 Å². The zero-order valence-electron chi connectivity index (χ0n) is 23.0. The van der Waals surface area contributed by atoms with Crippen molar-refractivity contribution in [3.05, 3.63) is 94.5 Å². The maximum absolute atomic E-state index is 13.9. The maximum Gasteiger partial charge on any atom is 0.264 e. The minimum Gasteiger partial charge on any atom is -0.355 e. The summed E-state index contributed by atoms with van der Waals surface area (Å²) in [5.41, 5.74) is 2.97. The largest absolute Gasteiger partial charge is 0.355 e. The van der Waals surface area contributed by atoms with Crippen LogP contribution in [0.4, 0.5) is 5.69 Å². The Hall–Kier alpha value is -3.36. The number of benzene rings is 3. The van der Waals surface area contributed by atoms with Crippen LogP contribution in [0.1, 0.15) is 50.3 Å². The van der Waals surface area contributed by atoms with Gasteiger partial charge in [0.1, 0.15) is 12.6 Å². The Morgan fingerprint density at radius 3 is 2.10 bits per heavy atom. The molecule has 0 aliphatic heterocycles. The van der Waals surface area contributed by atoms with Crippen LogP contribution >= 0.6 is 11.6 Å². The molecule has 0 saturated heterocycles. The number of halogens is 1. The smallest absolute Gasteiger partial charge is 0.264 e. The van der Waals surface area contributed by atoms with Crippen LogP contribution in [0.5, 0.6) is 0 Å². The van der Waals surface area contributed by atoms with Crippen molar-refractivity contribution < 1.29 is 18.0 Å². The predicted octanol–water partition coefficient (Wildman–Crippen LogP) is 5.52. The van der Waals surface area contributed by atoms with E-state index in [4.69, 9.17) is 11.6 Å². The summed E-state index contributed by atoms with van der Waals surface area (Å²) >= 11 is 6.38. The molecular formula is C30H36ClN3O4S. The average molecular weight is 570 g/mol. The van der Waals surface area contributed by atoms with E-state index in [1.165, 1.54) is 17.0 Å². The molecule has 0 aromatic heterocycles. The second-order valence-electron chi connectivity index (χ2n) is 9.75. The van der Waals surface area contributed by atoms with E-state index in [1.54, 1.807) is 62.4 Å². The Labute approximate surface area is 236 Å². The highest BCUT2D eigenvalue weighted by Crippen LogP contribution is 2.27. The monoisotopic (exact) mass is 569 g/mol. The fourth-order valence-corrected chi connectivity index (χ4v) is 5.72. The normalized spacial score (nSPS) is 12.2. The average Bonchev–Trinajstić information content (AvgIpc) is 2.91. The third-order valence-electron chi connectivity index (χ3n) is 6.55. The van der Waals surface area contributed by atoms with E-state index < -0.39 is 28.5 Å². The van der Waals surface area contributed by atoms with E-state index in [-0.39, 0.29) is 23.3 Å². The number of carbonyl (C=O) groups excluding carboxylic acids is 2. The molecule has 0 spiro atoms. The Balaban J connectivity index is 2.05. The third kappa shape index (κ3) is 7.40. The first-order valence-corrected chi connectivity index (χ1v) is 14.8. The molecule has 2 amide bonds. The van der Waals surface area contributed by atoms with Crippen LogP contribution in [-0.2, 0) is 26.2 Å². The van der Waals surface area contributed by atoms with Gasteiger partial charge in [0.05, 0.1) is 10.6 Å². The van der Waals surface area contributed by atoms with Crippen LogP contribution in [0.3, 0.4) is 0 Å². The van der Waals surface area contributed by atoms with Gasteiger partial charge in [0.2, 0.25) is 11.8 Å². The van der Waals surface area contributed by atoms with Gasteiger partial charge in [0, 0.05) is 18.1 Å². The van der Waals surface area contributed by atoms with Crippen molar-refractivity contribution in [2.45, 2.75) is 58.0 Å². The molecule has 0 aliphatic carbocycles. The lowest BCUT2D eigenvalue weighted by molar-refractivity contribution is -0.139. The number of nitrogens with one attached hydrogen (secondary N) is 1. The first-order valence-electron chi connectivity index (χ1n) is 13.0. The SMILES string of the molecule is CCNC(=O)[C@H](C)N(Cc1ccccc1Cl)C(=O)CN(c1ccc(C(C)C)cc1)S(=O)(=O)c1ccc(C)cc1. The lowest BCUT2D eigenvalue weighted by Gasteiger charge is -2.32. The first kappa shape index (κ1) is 30.2. The number of sulfonamides is 1. The summed E-state index contributed by atoms with van der Waals surface area (Å²) in [7, 11) is -4.11. The van der Waals surface area contributed by atoms with Gasteiger partial charge in [-0.25, -0.2) is 8.42 Å². The highest BCUT2D eigenvalue weighted by molar-refractivity contribution is 7.92. The van der Waals surface area contributed by atoms with Gasteiger partial charge in [-0.15, -0.1) is 0 Å². The Bertz CT molecular complexity index is 1390. The molecule has 0 radical (unpaired) electrons. The molecule has 39 heavy (non-hydrogen) atoms. The molecular weight excluding hydrogens is 534 g/mol. The molecule has 0 fully saturated rings. The van der Waals surface area contributed by atoms with Crippen LogP contribution in [0.25, 0.3) is 0 Å². The molecule has 0 saturated carbocycles. The fraction of sp³-hybridized carbons (Fsp3) is 0.333. The molecule has 208 valence electrons. The van der Waals surface area contributed by atoms with Crippen LogP contribution in [0.2, 0.25) is 5.02 Å². The summed E-state index contributed by atoms with van der Waals surface area (Å²) in [6.07, 6.45) is 0. The third-order valence-corrected chi connectivity index (χ3v) is 8.71.